The van der Waals surface area contributed by atoms with Crippen LogP contribution in [-0.2, 0) is 0 Å². The molecule has 1 atom stereocenters. The Morgan fingerprint density at radius 2 is 2.27 bits per heavy atom. The smallest absolute Gasteiger partial charge is 0.253 e. The average Bonchev–Trinajstić information content (AvgIpc) is 2.14. The Labute approximate surface area is 89.1 Å². The van der Waals surface area contributed by atoms with Crippen molar-refractivity contribution in [2.24, 2.45) is 0 Å². The molecule has 0 aromatic heterocycles. The summed E-state index contributed by atoms with van der Waals surface area (Å²) >= 11 is 0. The van der Waals surface area contributed by atoms with E-state index < -0.39 is 6.10 Å². The van der Waals surface area contributed by atoms with E-state index in [1.165, 1.54) is 0 Å². The van der Waals surface area contributed by atoms with Gasteiger partial charge in [0.2, 0.25) is 0 Å². The Bertz CT molecular complexity index is 341. The minimum absolute atomic E-state index is 0.229. The molecule has 1 rings (SSSR count). The van der Waals surface area contributed by atoms with Gasteiger partial charge in [-0.1, -0.05) is 12.1 Å². The van der Waals surface area contributed by atoms with Gasteiger partial charge >= 0.3 is 0 Å². The molecule has 1 aromatic rings. The normalized spacial score (nSPS) is 12.2. The summed E-state index contributed by atoms with van der Waals surface area (Å²) in [7, 11) is 0. The molecule has 4 nitrogen and oxygen atoms in total. The monoisotopic (exact) mass is 208 g/mol. The number of aliphatic hydroxyl groups is 1. The van der Waals surface area contributed by atoms with Gasteiger partial charge in [-0.3, -0.25) is 4.79 Å². The van der Waals surface area contributed by atoms with Gasteiger partial charge in [-0.15, -0.1) is 0 Å². The molecule has 0 aliphatic rings. The van der Waals surface area contributed by atoms with E-state index in [1.807, 2.05) is 13.0 Å². The fraction of sp³-hybridized carbons (Fsp3) is 0.364. The van der Waals surface area contributed by atoms with Crippen LogP contribution >= 0.6 is 0 Å². The van der Waals surface area contributed by atoms with E-state index in [-0.39, 0.29) is 12.5 Å². The van der Waals surface area contributed by atoms with Crippen LogP contribution < -0.4 is 11.1 Å². The van der Waals surface area contributed by atoms with Crippen molar-refractivity contribution in [3.8, 4) is 0 Å². The summed E-state index contributed by atoms with van der Waals surface area (Å²) in [6.07, 6.45) is -0.556. The number of hydrogen-bond donors (Lipinski definition) is 3. The van der Waals surface area contributed by atoms with E-state index in [2.05, 4.69) is 5.32 Å². The lowest BCUT2D eigenvalue weighted by atomic mass is 10.1. The maximum absolute atomic E-state index is 11.7. The van der Waals surface area contributed by atoms with Crippen LogP contribution in [0.3, 0.4) is 0 Å². The standard InChI is InChI=1S/C11H16N2O2/c1-7-4-3-5-9(12)10(7)11(15)13-6-8(2)14/h3-5,8,14H,6,12H2,1-2H3,(H,13,15)/t8-/m0/s1. The van der Waals surface area contributed by atoms with Crippen molar-refractivity contribution >= 4 is 11.6 Å². The zero-order valence-electron chi connectivity index (χ0n) is 8.95. The summed E-state index contributed by atoms with van der Waals surface area (Å²) in [4.78, 5) is 11.7. The number of anilines is 1. The molecule has 0 aliphatic carbocycles. The number of carbonyl (C=O) groups is 1. The van der Waals surface area contributed by atoms with Crippen LogP contribution in [0.1, 0.15) is 22.8 Å². The lowest BCUT2D eigenvalue weighted by Crippen LogP contribution is -2.31. The second-order valence-electron chi connectivity index (χ2n) is 3.60. The second-order valence-corrected chi connectivity index (χ2v) is 3.60. The molecule has 0 unspecified atom stereocenters. The largest absolute Gasteiger partial charge is 0.398 e. The topological polar surface area (TPSA) is 75.4 Å². The average molecular weight is 208 g/mol. The molecule has 0 radical (unpaired) electrons. The highest BCUT2D eigenvalue weighted by molar-refractivity contribution is 6.00. The summed E-state index contributed by atoms with van der Waals surface area (Å²) in [5.74, 6) is -0.244. The van der Waals surface area contributed by atoms with Crippen molar-refractivity contribution < 1.29 is 9.90 Å². The van der Waals surface area contributed by atoms with Gasteiger partial charge in [0.25, 0.3) is 5.91 Å². The van der Waals surface area contributed by atoms with Gasteiger partial charge in [0, 0.05) is 12.2 Å². The van der Waals surface area contributed by atoms with Gasteiger partial charge in [0.15, 0.2) is 0 Å². The van der Waals surface area contributed by atoms with E-state index >= 15 is 0 Å². The SMILES string of the molecule is Cc1cccc(N)c1C(=O)NC[C@H](C)O. The molecule has 4 N–H and O–H groups in total. The number of nitrogen functional groups attached to an aromatic ring is 1. The van der Waals surface area contributed by atoms with Crippen molar-refractivity contribution in [3.63, 3.8) is 0 Å². The van der Waals surface area contributed by atoms with Crippen LogP contribution in [-0.4, -0.2) is 23.7 Å². The van der Waals surface area contributed by atoms with Crippen molar-refractivity contribution in [1.82, 2.24) is 5.32 Å². The molecule has 0 aliphatic heterocycles. The van der Waals surface area contributed by atoms with Crippen molar-refractivity contribution in [2.75, 3.05) is 12.3 Å². The van der Waals surface area contributed by atoms with Gasteiger partial charge < -0.3 is 16.2 Å². The summed E-state index contributed by atoms with van der Waals surface area (Å²) in [6, 6.07) is 5.31. The molecular formula is C11H16N2O2. The van der Waals surface area contributed by atoms with Gasteiger partial charge in [-0.25, -0.2) is 0 Å². The summed E-state index contributed by atoms with van der Waals surface area (Å²) in [5, 5.41) is 11.7. The van der Waals surface area contributed by atoms with E-state index in [1.54, 1.807) is 19.1 Å². The van der Waals surface area contributed by atoms with Gasteiger partial charge in [-0.2, -0.15) is 0 Å². The third kappa shape index (κ3) is 2.95. The van der Waals surface area contributed by atoms with E-state index in [0.717, 1.165) is 5.56 Å². The molecule has 0 bridgehead atoms. The third-order valence-corrected chi connectivity index (χ3v) is 2.09. The number of aliphatic hydroxyl groups excluding tert-OH is 1. The number of carbonyl (C=O) groups excluding carboxylic acids is 1. The van der Waals surface area contributed by atoms with Crippen LogP contribution in [0.4, 0.5) is 5.69 Å². The van der Waals surface area contributed by atoms with Crippen LogP contribution in [0.2, 0.25) is 0 Å². The van der Waals surface area contributed by atoms with Crippen molar-refractivity contribution in [1.29, 1.82) is 0 Å². The second kappa shape index (κ2) is 4.79. The minimum Gasteiger partial charge on any atom is -0.398 e. The van der Waals surface area contributed by atoms with E-state index in [4.69, 9.17) is 10.8 Å². The fourth-order valence-corrected chi connectivity index (χ4v) is 1.33. The first kappa shape index (κ1) is 11.5. The third-order valence-electron chi connectivity index (χ3n) is 2.09. The molecule has 0 heterocycles. The Hall–Kier alpha value is -1.55. The number of amides is 1. The number of nitrogens with two attached hydrogens (primary N) is 1. The molecule has 4 heteroatoms. The number of nitrogens with one attached hydrogen (secondary N) is 1. The summed E-state index contributed by atoms with van der Waals surface area (Å²) in [6.45, 7) is 3.67. The van der Waals surface area contributed by atoms with E-state index in [9.17, 15) is 4.79 Å². The van der Waals surface area contributed by atoms with Crippen molar-refractivity contribution in [2.45, 2.75) is 20.0 Å². The molecule has 0 spiro atoms. The number of aryl methyl sites for hydroxylation is 1. The number of hydrogen-bond acceptors (Lipinski definition) is 3. The van der Waals surface area contributed by atoms with Gasteiger partial charge in [-0.05, 0) is 25.5 Å². The maximum atomic E-state index is 11.7. The lowest BCUT2D eigenvalue weighted by Gasteiger charge is -2.10. The zero-order chi connectivity index (χ0) is 11.4. The number of rotatable bonds is 3. The Morgan fingerprint density at radius 1 is 1.60 bits per heavy atom. The first-order valence-electron chi connectivity index (χ1n) is 4.83. The highest BCUT2D eigenvalue weighted by Gasteiger charge is 2.12. The Kier molecular flexibility index (Phi) is 3.68. The van der Waals surface area contributed by atoms with Crippen LogP contribution in [0, 0.1) is 6.92 Å². The van der Waals surface area contributed by atoms with Gasteiger partial charge in [0.05, 0.1) is 11.7 Å². The molecule has 1 amide bonds. The molecule has 15 heavy (non-hydrogen) atoms. The molecule has 82 valence electrons. The predicted molar refractivity (Wildman–Crippen MR) is 59.6 cm³/mol. The highest BCUT2D eigenvalue weighted by atomic mass is 16.3. The molecule has 0 saturated heterocycles. The summed E-state index contributed by atoms with van der Waals surface area (Å²) < 4.78 is 0. The first-order valence-corrected chi connectivity index (χ1v) is 4.83. The van der Waals surface area contributed by atoms with Crippen LogP contribution in [0.25, 0.3) is 0 Å². The minimum atomic E-state index is -0.556. The van der Waals surface area contributed by atoms with Crippen LogP contribution in [0.5, 0.6) is 0 Å². The number of benzene rings is 1. The Balaban J connectivity index is 2.82. The maximum Gasteiger partial charge on any atom is 0.253 e. The molecular weight excluding hydrogens is 192 g/mol. The zero-order valence-corrected chi connectivity index (χ0v) is 8.95. The quantitative estimate of drug-likeness (QED) is 0.640. The summed E-state index contributed by atoms with van der Waals surface area (Å²) in [5.41, 5.74) is 7.48. The predicted octanol–water partition coefficient (Wildman–Crippen LogP) is 0.688. The van der Waals surface area contributed by atoms with Crippen LogP contribution in [0.15, 0.2) is 18.2 Å². The van der Waals surface area contributed by atoms with Crippen molar-refractivity contribution in [3.05, 3.63) is 29.3 Å². The fourth-order valence-electron chi connectivity index (χ4n) is 1.33. The van der Waals surface area contributed by atoms with Gasteiger partial charge in [0.1, 0.15) is 0 Å². The molecule has 0 saturated carbocycles. The highest BCUT2D eigenvalue weighted by Crippen LogP contribution is 2.15. The van der Waals surface area contributed by atoms with E-state index in [0.29, 0.717) is 11.3 Å². The molecule has 0 fully saturated rings. The lowest BCUT2D eigenvalue weighted by molar-refractivity contribution is 0.0924. The Morgan fingerprint density at radius 3 is 2.80 bits per heavy atom. The molecule has 1 aromatic carbocycles. The first-order chi connectivity index (χ1) is 7.02.